The largest absolute Gasteiger partial charge is 0.357 e. The van der Waals surface area contributed by atoms with Crippen LogP contribution in [0.1, 0.15) is 18.1 Å². The van der Waals surface area contributed by atoms with Crippen LogP contribution in [0, 0.1) is 0 Å². The second kappa shape index (κ2) is 10.1. The number of hydrogen-bond acceptors (Lipinski definition) is 4. The number of likely N-dealkylation sites (N-methyl/N-ethyl adjacent to an activating group) is 1. The molecule has 1 fully saturated rings. The fourth-order valence-electron chi connectivity index (χ4n) is 3.34. The van der Waals surface area contributed by atoms with Crippen LogP contribution in [0.2, 0.25) is 0 Å². The summed E-state index contributed by atoms with van der Waals surface area (Å²) in [5.74, 6) is 1.98. The van der Waals surface area contributed by atoms with E-state index in [0.29, 0.717) is 6.54 Å². The van der Waals surface area contributed by atoms with Gasteiger partial charge in [-0.3, -0.25) is 0 Å². The van der Waals surface area contributed by atoms with Gasteiger partial charge in [-0.15, -0.1) is 0 Å². The van der Waals surface area contributed by atoms with Gasteiger partial charge in [0.15, 0.2) is 5.96 Å². The van der Waals surface area contributed by atoms with E-state index < -0.39 is 0 Å². The molecule has 150 valence electrons. The number of nitrogens with zero attached hydrogens (tertiary/aromatic N) is 5. The quantitative estimate of drug-likeness (QED) is 0.616. The predicted molar refractivity (Wildman–Crippen MR) is 117 cm³/mol. The molecule has 1 aromatic carbocycles. The van der Waals surface area contributed by atoms with Crippen molar-refractivity contribution in [3.63, 3.8) is 0 Å². The Hall–Kier alpha value is -2.60. The average Bonchev–Trinajstić information content (AvgIpc) is 2.72. The molecule has 2 aromatic rings. The van der Waals surface area contributed by atoms with Crippen LogP contribution in [0.3, 0.4) is 0 Å². The lowest BCUT2D eigenvalue weighted by atomic mass is 10.2. The highest BCUT2D eigenvalue weighted by molar-refractivity contribution is 5.79. The van der Waals surface area contributed by atoms with Crippen molar-refractivity contribution >= 4 is 11.8 Å². The highest BCUT2D eigenvalue weighted by atomic mass is 15.3. The molecular formula is C22H32N6. The van der Waals surface area contributed by atoms with Crippen molar-refractivity contribution in [2.24, 2.45) is 4.99 Å². The summed E-state index contributed by atoms with van der Waals surface area (Å²) in [5, 5.41) is 3.40. The molecule has 0 radical (unpaired) electrons. The smallest absolute Gasteiger partial charge is 0.194 e. The minimum atomic E-state index is 0.644. The van der Waals surface area contributed by atoms with E-state index in [4.69, 9.17) is 4.99 Å². The first-order chi connectivity index (χ1) is 13.7. The summed E-state index contributed by atoms with van der Waals surface area (Å²) < 4.78 is 0. The zero-order valence-electron chi connectivity index (χ0n) is 17.3. The number of rotatable bonds is 6. The molecule has 0 unspecified atom stereocenters. The van der Waals surface area contributed by atoms with Gasteiger partial charge in [0.25, 0.3) is 0 Å². The number of aliphatic imine (C=N–C) groups is 1. The highest BCUT2D eigenvalue weighted by Crippen LogP contribution is 2.15. The molecule has 3 rings (SSSR count). The number of hydrogen-bond donors (Lipinski definition) is 1. The molecule has 0 amide bonds. The number of piperazine rings is 1. The van der Waals surface area contributed by atoms with Gasteiger partial charge >= 0.3 is 0 Å². The average molecular weight is 381 g/mol. The van der Waals surface area contributed by atoms with Gasteiger partial charge in [0.2, 0.25) is 0 Å². The summed E-state index contributed by atoms with van der Waals surface area (Å²) >= 11 is 0. The Morgan fingerprint density at radius 2 is 1.86 bits per heavy atom. The van der Waals surface area contributed by atoms with Crippen molar-refractivity contribution in [1.29, 1.82) is 0 Å². The summed E-state index contributed by atoms with van der Waals surface area (Å²) in [6.07, 6.45) is 1.90. The van der Waals surface area contributed by atoms with E-state index in [1.165, 1.54) is 11.1 Å². The van der Waals surface area contributed by atoms with Crippen molar-refractivity contribution in [2.45, 2.75) is 20.0 Å². The van der Waals surface area contributed by atoms with Gasteiger partial charge in [0, 0.05) is 52.5 Å². The second-order valence-electron chi connectivity index (χ2n) is 7.32. The van der Waals surface area contributed by atoms with Crippen molar-refractivity contribution < 1.29 is 0 Å². The Morgan fingerprint density at radius 3 is 2.57 bits per heavy atom. The van der Waals surface area contributed by atoms with Crippen LogP contribution in [0.15, 0.2) is 53.7 Å². The lowest BCUT2D eigenvalue weighted by Crippen LogP contribution is -2.44. The fraction of sp³-hybridized carbons (Fsp3) is 0.455. The van der Waals surface area contributed by atoms with Gasteiger partial charge in [0.1, 0.15) is 5.82 Å². The molecule has 0 bridgehead atoms. The van der Waals surface area contributed by atoms with E-state index >= 15 is 0 Å². The van der Waals surface area contributed by atoms with E-state index in [9.17, 15) is 0 Å². The van der Waals surface area contributed by atoms with Gasteiger partial charge in [0.05, 0.1) is 6.54 Å². The topological polar surface area (TPSA) is 47.0 Å². The van der Waals surface area contributed by atoms with E-state index in [1.807, 2.05) is 12.3 Å². The molecule has 6 heteroatoms. The minimum absolute atomic E-state index is 0.644. The lowest BCUT2D eigenvalue weighted by molar-refractivity contribution is 0.312. The van der Waals surface area contributed by atoms with E-state index in [-0.39, 0.29) is 0 Å². The van der Waals surface area contributed by atoms with Crippen molar-refractivity contribution in [2.75, 3.05) is 51.7 Å². The first-order valence-electron chi connectivity index (χ1n) is 10.1. The molecule has 1 N–H and O–H groups in total. The maximum absolute atomic E-state index is 4.86. The molecule has 1 saturated heterocycles. The number of anilines is 1. The van der Waals surface area contributed by atoms with Crippen LogP contribution in [-0.2, 0) is 13.1 Å². The van der Waals surface area contributed by atoms with E-state index in [2.05, 4.69) is 82.4 Å². The predicted octanol–water partition coefficient (Wildman–Crippen LogP) is 2.43. The first kappa shape index (κ1) is 20.1. The molecule has 1 aliphatic rings. The molecule has 1 aliphatic heterocycles. The maximum atomic E-state index is 4.86. The normalized spacial score (nSPS) is 15.5. The highest BCUT2D eigenvalue weighted by Gasteiger charge is 2.15. The van der Waals surface area contributed by atoms with Crippen molar-refractivity contribution in [1.82, 2.24) is 20.1 Å². The summed E-state index contributed by atoms with van der Waals surface area (Å²) in [6.45, 7) is 8.64. The van der Waals surface area contributed by atoms with Gasteiger partial charge in [-0.2, -0.15) is 0 Å². The number of nitrogens with one attached hydrogen (secondary N) is 1. The zero-order valence-corrected chi connectivity index (χ0v) is 17.3. The fourth-order valence-corrected chi connectivity index (χ4v) is 3.34. The Morgan fingerprint density at radius 1 is 1.11 bits per heavy atom. The third-order valence-corrected chi connectivity index (χ3v) is 5.01. The van der Waals surface area contributed by atoms with Crippen LogP contribution < -0.4 is 10.2 Å². The van der Waals surface area contributed by atoms with E-state index in [1.54, 1.807) is 0 Å². The number of aromatic nitrogens is 1. The standard InChI is InChI=1S/C22H32N6/c1-4-23-22(27(3)18-19-8-6-5-7-9-19)25-17-20-10-11-24-21(16-20)28-14-12-26(2)13-15-28/h5-11,16H,4,12-15,17-18H2,1-3H3,(H,23,25). The van der Waals surface area contributed by atoms with E-state index in [0.717, 1.165) is 51.0 Å². The molecule has 1 aromatic heterocycles. The zero-order chi connectivity index (χ0) is 19.8. The summed E-state index contributed by atoms with van der Waals surface area (Å²) in [5.41, 5.74) is 2.46. The van der Waals surface area contributed by atoms with Gasteiger partial charge < -0.3 is 20.0 Å². The van der Waals surface area contributed by atoms with Gasteiger partial charge in [-0.25, -0.2) is 9.98 Å². The summed E-state index contributed by atoms with van der Waals surface area (Å²) in [4.78, 5) is 16.3. The molecule has 0 aliphatic carbocycles. The van der Waals surface area contributed by atoms with Crippen LogP contribution in [0.4, 0.5) is 5.82 Å². The van der Waals surface area contributed by atoms with Crippen molar-refractivity contribution in [3.8, 4) is 0 Å². The third kappa shape index (κ3) is 5.70. The first-order valence-corrected chi connectivity index (χ1v) is 10.1. The molecule has 0 atom stereocenters. The Kier molecular flexibility index (Phi) is 7.25. The molecule has 0 saturated carbocycles. The molecule has 2 heterocycles. The molecule has 28 heavy (non-hydrogen) atoms. The number of benzene rings is 1. The number of guanidine groups is 1. The molecule has 6 nitrogen and oxygen atoms in total. The number of pyridine rings is 1. The van der Waals surface area contributed by atoms with Gasteiger partial charge in [-0.05, 0) is 37.2 Å². The van der Waals surface area contributed by atoms with Gasteiger partial charge in [-0.1, -0.05) is 30.3 Å². The monoisotopic (exact) mass is 380 g/mol. The third-order valence-electron chi connectivity index (χ3n) is 5.01. The second-order valence-corrected chi connectivity index (χ2v) is 7.32. The lowest BCUT2D eigenvalue weighted by Gasteiger charge is -2.33. The van der Waals surface area contributed by atoms with Crippen LogP contribution in [0.25, 0.3) is 0 Å². The maximum Gasteiger partial charge on any atom is 0.194 e. The Balaban J connectivity index is 1.66. The summed E-state index contributed by atoms with van der Waals surface area (Å²) in [6, 6.07) is 14.7. The van der Waals surface area contributed by atoms with Crippen molar-refractivity contribution in [3.05, 3.63) is 59.8 Å². The minimum Gasteiger partial charge on any atom is -0.357 e. The summed E-state index contributed by atoms with van der Waals surface area (Å²) in [7, 11) is 4.25. The van der Waals surface area contributed by atoms with Crippen LogP contribution >= 0.6 is 0 Å². The van der Waals surface area contributed by atoms with Crippen LogP contribution in [-0.4, -0.2) is 67.6 Å². The van der Waals surface area contributed by atoms with Crippen LogP contribution in [0.5, 0.6) is 0 Å². The SMILES string of the molecule is CCNC(=NCc1ccnc(N2CCN(C)CC2)c1)N(C)Cc1ccccc1. The molecule has 0 spiro atoms. The Labute approximate surface area is 168 Å². The molecular weight excluding hydrogens is 348 g/mol. The Bertz CT molecular complexity index is 753.